The predicted octanol–water partition coefficient (Wildman–Crippen LogP) is 2.00. The van der Waals surface area contributed by atoms with Crippen LogP contribution >= 0.6 is 15.9 Å². The summed E-state index contributed by atoms with van der Waals surface area (Å²) in [6.45, 7) is 2.90. The van der Waals surface area contributed by atoms with Crippen molar-refractivity contribution >= 4 is 15.9 Å². The Morgan fingerprint density at radius 2 is 2.11 bits per heavy atom. The Kier molecular flexibility index (Phi) is 7.04. The Labute approximate surface area is 130 Å². The average Bonchev–Trinajstić information content (AvgIpc) is 2.41. The van der Waals surface area contributed by atoms with Crippen LogP contribution in [0, 0.1) is 14.3 Å². The molecule has 0 amide bonds. The summed E-state index contributed by atoms with van der Waals surface area (Å²) in [5, 5.41) is 16.6. The molecule has 0 aromatic heterocycles. The standard InChI is InChI=1S/C13H19BrN2O2.Am/c1-18-12-7-9(6-11(17)13(12)14)8-16-10-2-4-15-5-3-10;/h6-7,10,15-17H,2-5,8H2,1H3;. The summed E-state index contributed by atoms with van der Waals surface area (Å²) >= 11 is 3.30. The number of phenols is 1. The summed E-state index contributed by atoms with van der Waals surface area (Å²) < 4.78 is 5.82. The average molecular weight is 558 g/mol. The number of rotatable bonds is 4. The molecular weight excluding hydrogens is 539 g/mol. The second-order valence-electron chi connectivity index (χ2n) is 4.54. The molecule has 107 valence electrons. The van der Waals surface area contributed by atoms with Gasteiger partial charge in [0.25, 0.3) is 0 Å². The van der Waals surface area contributed by atoms with E-state index < -0.39 is 0 Å². The van der Waals surface area contributed by atoms with Gasteiger partial charge in [-0.05, 0) is 59.6 Å². The number of nitrogens with one attached hydrogen (secondary N) is 2. The number of piperidine rings is 1. The van der Waals surface area contributed by atoms with Gasteiger partial charge in [-0.3, -0.25) is 0 Å². The minimum absolute atomic E-state index is 0. The fraction of sp³-hybridized carbons (Fsp3) is 0.538. The van der Waals surface area contributed by atoms with Gasteiger partial charge in [0, 0.05) is 26.9 Å². The molecule has 0 atom stereocenters. The molecule has 2 rings (SSSR count). The van der Waals surface area contributed by atoms with Gasteiger partial charge in [-0.25, -0.2) is 0 Å². The van der Waals surface area contributed by atoms with Gasteiger partial charge in [0.2, 0.25) is 0 Å². The van der Waals surface area contributed by atoms with Gasteiger partial charge in [0.05, 0.1) is 7.11 Å². The second-order valence-corrected chi connectivity index (χ2v) is 5.33. The number of methoxy groups -OCH3 is 1. The fourth-order valence-corrected chi connectivity index (χ4v) is 2.57. The second kappa shape index (κ2) is 8.02. The van der Waals surface area contributed by atoms with Crippen LogP contribution in [-0.2, 0) is 6.54 Å². The Balaban J connectivity index is 0.00000180. The summed E-state index contributed by atoms with van der Waals surface area (Å²) in [7, 11) is 1.60. The largest absolute Gasteiger partial charge is 0.507 e. The third-order valence-electron chi connectivity index (χ3n) is 3.23. The number of benzene rings is 1. The third kappa shape index (κ3) is 4.58. The third-order valence-corrected chi connectivity index (χ3v) is 4.03. The first-order valence-corrected chi connectivity index (χ1v) is 6.99. The molecule has 0 aliphatic carbocycles. The van der Waals surface area contributed by atoms with Crippen LogP contribution in [0.3, 0.4) is 0 Å². The van der Waals surface area contributed by atoms with E-state index in [1.165, 1.54) is 0 Å². The van der Waals surface area contributed by atoms with E-state index in [2.05, 4.69) is 26.6 Å². The molecule has 1 aromatic rings. The molecule has 1 saturated heterocycles. The fourth-order valence-electron chi connectivity index (χ4n) is 2.18. The van der Waals surface area contributed by atoms with Crippen molar-refractivity contribution in [1.82, 2.24) is 10.6 Å². The van der Waals surface area contributed by atoms with Gasteiger partial charge in [-0.15, -0.1) is 0 Å². The molecule has 0 unspecified atom stereocenters. The number of hydrogen-bond acceptors (Lipinski definition) is 4. The van der Waals surface area contributed by atoms with Crippen molar-refractivity contribution in [3.05, 3.63) is 22.2 Å². The van der Waals surface area contributed by atoms with Crippen LogP contribution in [0.2, 0.25) is 0 Å². The van der Waals surface area contributed by atoms with Crippen LogP contribution in [0.15, 0.2) is 16.6 Å². The van der Waals surface area contributed by atoms with Crippen LogP contribution < -0.4 is 15.4 Å². The van der Waals surface area contributed by atoms with E-state index in [0.29, 0.717) is 16.3 Å². The van der Waals surface area contributed by atoms with Crippen LogP contribution in [0.25, 0.3) is 0 Å². The van der Waals surface area contributed by atoms with E-state index in [0.717, 1.165) is 38.0 Å². The molecule has 1 fully saturated rings. The first-order valence-electron chi connectivity index (χ1n) is 6.20. The zero-order chi connectivity index (χ0) is 13.0. The number of ether oxygens (including phenoxy) is 1. The molecule has 4 nitrogen and oxygen atoms in total. The number of phenolic OH excluding ortho intramolecular Hbond substituents is 1. The Morgan fingerprint density at radius 3 is 2.74 bits per heavy atom. The number of hydrogen-bond donors (Lipinski definition) is 3. The first-order chi connectivity index (χ1) is 8.70. The minimum Gasteiger partial charge on any atom is -0.507 e. The van der Waals surface area contributed by atoms with Gasteiger partial charge in [0.15, 0.2) is 0 Å². The molecule has 6 heteroatoms. The van der Waals surface area contributed by atoms with Crippen LogP contribution in [0.5, 0.6) is 11.5 Å². The zero-order valence-electron chi connectivity index (χ0n) is 10.9. The van der Waals surface area contributed by atoms with E-state index in [1.807, 2.05) is 6.07 Å². The minimum atomic E-state index is 0. The summed E-state index contributed by atoms with van der Waals surface area (Å²) in [6, 6.07) is 4.27. The SMILES string of the molecule is COc1cc(CNC2CCNCC2)cc(O)c1Br.[Am]. The van der Waals surface area contributed by atoms with Crippen molar-refractivity contribution in [3.63, 3.8) is 0 Å². The molecule has 0 bridgehead atoms. The molecular formula is C13H19AmBrN2O2. The van der Waals surface area contributed by atoms with E-state index in [4.69, 9.17) is 4.74 Å². The van der Waals surface area contributed by atoms with E-state index in [-0.39, 0.29) is 20.0 Å². The molecule has 3 N–H and O–H groups in total. The van der Waals surface area contributed by atoms with Gasteiger partial charge in [-0.1, -0.05) is 0 Å². The van der Waals surface area contributed by atoms with E-state index in [1.54, 1.807) is 13.2 Å². The van der Waals surface area contributed by atoms with Crippen LogP contribution in [-0.4, -0.2) is 31.3 Å². The van der Waals surface area contributed by atoms with Crippen molar-refractivity contribution in [1.29, 1.82) is 0 Å². The molecule has 0 spiro atoms. The Hall–Kier alpha value is -0.390. The summed E-state index contributed by atoms with van der Waals surface area (Å²) in [4.78, 5) is 0. The summed E-state index contributed by atoms with van der Waals surface area (Å²) in [5.41, 5.74) is 1.03. The van der Waals surface area contributed by atoms with Gasteiger partial charge in [0.1, 0.15) is 16.0 Å². The first kappa shape index (κ1) is 16.7. The van der Waals surface area contributed by atoms with Crippen molar-refractivity contribution < 1.29 is 24.1 Å². The number of halogens is 1. The maximum atomic E-state index is 9.78. The van der Waals surface area contributed by atoms with Crippen molar-refractivity contribution in [2.75, 3.05) is 20.2 Å². The molecule has 1 heterocycles. The maximum Gasteiger partial charge on any atom is 0.137 e. The van der Waals surface area contributed by atoms with Crippen molar-refractivity contribution in [2.45, 2.75) is 25.4 Å². The normalized spacial score (nSPS) is 15.9. The summed E-state index contributed by atoms with van der Waals surface area (Å²) in [6.07, 6.45) is 2.30. The molecule has 1 aliphatic rings. The van der Waals surface area contributed by atoms with Crippen LogP contribution in [0.4, 0.5) is 0 Å². The molecule has 1 aromatic carbocycles. The maximum absolute atomic E-state index is 9.78. The zero-order valence-corrected chi connectivity index (χ0v) is 15.6. The quantitative estimate of drug-likeness (QED) is 0.530. The van der Waals surface area contributed by atoms with Crippen molar-refractivity contribution in [3.8, 4) is 11.5 Å². The predicted molar refractivity (Wildman–Crippen MR) is 75.1 cm³/mol. The van der Waals surface area contributed by atoms with Crippen LogP contribution in [0.1, 0.15) is 18.4 Å². The van der Waals surface area contributed by atoms with Gasteiger partial charge >= 0.3 is 0 Å². The van der Waals surface area contributed by atoms with Gasteiger partial charge in [-0.2, -0.15) is 0 Å². The molecule has 1 aliphatic heterocycles. The van der Waals surface area contributed by atoms with Crippen molar-refractivity contribution in [2.24, 2.45) is 0 Å². The van der Waals surface area contributed by atoms with E-state index in [9.17, 15) is 5.11 Å². The Morgan fingerprint density at radius 1 is 1.42 bits per heavy atom. The molecule has 19 heavy (non-hydrogen) atoms. The summed E-state index contributed by atoms with van der Waals surface area (Å²) in [5.74, 6) is 0.883. The monoisotopic (exact) mass is 555 g/mol. The smallest absolute Gasteiger partial charge is 0.137 e. The topological polar surface area (TPSA) is 53.5 Å². The molecule has 1 radical (unpaired) electrons. The Bertz CT molecular complexity index is 412. The number of aromatic hydroxyl groups is 1. The molecule has 0 saturated carbocycles. The van der Waals surface area contributed by atoms with Gasteiger partial charge < -0.3 is 20.5 Å². The van der Waals surface area contributed by atoms with E-state index >= 15 is 0 Å².